The molecule has 3 atom stereocenters. The number of rotatable bonds is 8. The molecule has 28 heavy (non-hydrogen) atoms. The summed E-state index contributed by atoms with van der Waals surface area (Å²) in [6, 6.07) is -0.696. The molecule has 1 saturated heterocycles. The number of aromatic nitrogens is 5. The van der Waals surface area contributed by atoms with Crippen molar-refractivity contribution in [1.29, 1.82) is 0 Å². The second-order valence-electron chi connectivity index (χ2n) is 6.09. The van der Waals surface area contributed by atoms with Gasteiger partial charge in [-0.15, -0.1) is 10.2 Å². The van der Waals surface area contributed by atoms with Crippen molar-refractivity contribution in [2.24, 2.45) is 0 Å². The third kappa shape index (κ3) is 4.67. The fourth-order valence-electron chi connectivity index (χ4n) is 2.63. The number of fused-ring (bicyclic) bond motifs is 1. The summed E-state index contributed by atoms with van der Waals surface area (Å²) in [7, 11) is -4.33. The molecule has 2 aromatic rings. The molecule has 13 nitrogen and oxygen atoms in total. The third-order valence-electron chi connectivity index (χ3n) is 4.07. The van der Waals surface area contributed by atoms with Crippen LogP contribution in [0.5, 0.6) is 0 Å². The van der Waals surface area contributed by atoms with Gasteiger partial charge >= 0.3 is 10.3 Å². The lowest BCUT2D eigenvalue weighted by atomic mass is 10.2. The third-order valence-corrected chi connectivity index (χ3v) is 5.63. The number of nitrogens with one attached hydrogen (secondary N) is 1. The Balaban J connectivity index is 1.60. The summed E-state index contributed by atoms with van der Waals surface area (Å²) in [5, 5.41) is 11.0. The second kappa shape index (κ2) is 8.52. The Morgan fingerprint density at radius 3 is 3.07 bits per heavy atom. The van der Waals surface area contributed by atoms with Gasteiger partial charge in [0.2, 0.25) is 0 Å². The number of carbonyl (C=O) groups excluding carboxylic acids is 1. The maximum atomic E-state index is 12.1. The second-order valence-corrected chi connectivity index (χ2v) is 8.38. The van der Waals surface area contributed by atoms with Crippen LogP contribution in [0, 0.1) is 0 Å². The Bertz CT molecular complexity index is 952. The molecule has 0 saturated carbocycles. The smallest absolute Gasteiger partial charge is 0.364 e. The summed E-state index contributed by atoms with van der Waals surface area (Å²) in [6.45, 7) is 0. The zero-order chi connectivity index (χ0) is 20.3. The Morgan fingerprint density at radius 2 is 2.32 bits per heavy atom. The van der Waals surface area contributed by atoms with Gasteiger partial charge in [-0.3, -0.25) is 9.36 Å². The summed E-state index contributed by atoms with van der Waals surface area (Å²) in [5.74, 6) is 0.101. The van der Waals surface area contributed by atoms with Crippen LogP contribution in [0.1, 0.15) is 25.5 Å². The van der Waals surface area contributed by atoms with Crippen molar-refractivity contribution in [3.05, 3.63) is 6.33 Å². The van der Waals surface area contributed by atoms with Gasteiger partial charge < -0.3 is 16.2 Å². The molecule has 6 N–H and O–H groups in total. The number of carbonyl (C=O) groups is 1. The van der Waals surface area contributed by atoms with Gasteiger partial charge in [-0.1, -0.05) is 0 Å². The minimum Gasteiger partial charge on any atom is -0.380 e. The van der Waals surface area contributed by atoms with Gasteiger partial charge in [0.1, 0.15) is 6.23 Å². The molecule has 1 aliphatic rings. The van der Waals surface area contributed by atoms with Crippen LogP contribution in [0.25, 0.3) is 11.2 Å². The lowest BCUT2D eigenvalue weighted by molar-refractivity contribution is -0.403. The van der Waals surface area contributed by atoms with Gasteiger partial charge in [-0.2, -0.15) is 20.2 Å². The first-order chi connectivity index (χ1) is 13.3. The predicted molar refractivity (Wildman–Crippen MR) is 98.5 cm³/mol. The van der Waals surface area contributed by atoms with E-state index >= 15 is 0 Å². The van der Waals surface area contributed by atoms with Crippen LogP contribution in [-0.4, -0.2) is 63.6 Å². The normalized spacial score (nSPS) is 21.1. The number of quaternary nitrogens is 1. The first-order valence-electron chi connectivity index (χ1n) is 8.34. The van der Waals surface area contributed by atoms with Gasteiger partial charge in [0, 0.05) is 12.8 Å². The molecule has 154 valence electrons. The fourth-order valence-corrected chi connectivity index (χ4v) is 4.04. The van der Waals surface area contributed by atoms with Crippen molar-refractivity contribution in [2.75, 3.05) is 17.7 Å². The lowest BCUT2D eigenvalue weighted by Gasteiger charge is -2.16. The van der Waals surface area contributed by atoms with Crippen LogP contribution in [0.4, 0.5) is 5.82 Å². The van der Waals surface area contributed by atoms with E-state index in [9.17, 15) is 13.2 Å². The number of nitrogen functional groups attached to an aromatic ring is 1. The molecule has 0 aromatic carbocycles. The summed E-state index contributed by atoms with van der Waals surface area (Å²) in [6.07, 6.45) is 2.89. The van der Waals surface area contributed by atoms with Crippen LogP contribution in [-0.2, 0) is 24.0 Å². The molecule has 0 aliphatic carbocycles. The number of hydrogen-bond donors (Lipinski definition) is 3. The molecular weight excluding hydrogens is 412 g/mol. The Morgan fingerprint density at radius 1 is 1.54 bits per heavy atom. The average Bonchev–Trinajstić information content (AvgIpc) is 3.26. The van der Waals surface area contributed by atoms with Crippen LogP contribution in [0.15, 0.2) is 6.33 Å². The molecule has 0 radical (unpaired) electrons. The van der Waals surface area contributed by atoms with Crippen LogP contribution in [0.2, 0.25) is 0 Å². The van der Waals surface area contributed by atoms with Crippen molar-refractivity contribution >= 4 is 45.0 Å². The van der Waals surface area contributed by atoms with E-state index in [0.29, 0.717) is 29.8 Å². The summed E-state index contributed by atoms with van der Waals surface area (Å²) in [5.41, 5.74) is 10.1. The number of imidazole rings is 1. The number of amides is 1. The topological polar surface area (TPSA) is 192 Å². The minimum atomic E-state index is -4.33. The fraction of sp³-hybridized carbons (Fsp3) is 0.615. The molecular formula is C13H21N8O5S2+. The van der Waals surface area contributed by atoms with E-state index in [0.717, 1.165) is 0 Å². The van der Waals surface area contributed by atoms with Crippen molar-refractivity contribution in [2.45, 2.75) is 37.8 Å². The van der Waals surface area contributed by atoms with E-state index in [-0.39, 0.29) is 12.2 Å². The number of nitrogens with two attached hydrogens (primary N) is 1. The molecule has 3 heterocycles. The van der Waals surface area contributed by atoms with Gasteiger partial charge in [-0.05, 0) is 23.6 Å². The van der Waals surface area contributed by atoms with Crippen molar-refractivity contribution in [3.8, 4) is 0 Å². The number of nitrogens with zero attached hydrogens (tertiary/aromatic N) is 5. The zero-order valence-electron chi connectivity index (χ0n) is 15.0. The first kappa shape index (κ1) is 20.7. The SMILES string of the molecule is CSCC[C@H]([NH3+])C(=O)NS(=O)(=O)O[C@@H]1CC[C@H](n2cnc3c(N)nnnc32)O1. The van der Waals surface area contributed by atoms with Gasteiger partial charge in [0.05, 0.1) is 6.33 Å². The zero-order valence-corrected chi connectivity index (χ0v) is 16.6. The highest BCUT2D eigenvalue weighted by Gasteiger charge is 2.34. The van der Waals surface area contributed by atoms with Gasteiger partial charge in [-0.25, -0.2) is 13.9 Å². The van der Waals surface area contributed by atoms with E-state index in [4.69, 9.17) is 14.7 Å². The molecule has 1 aliphatic heterocycles. The highest BCUT2D eigenvalue weighted by atomic mass is 32.2. The highest BCUT2D eigenvalue weighted by molar-refractivity contribution is 7.98. The minimum absolute atomic E-state index is 0.129. The first-order valence-corrected chi connectivity index (χ1v) is 11.1. The predicted octanol–water partition coefficient (Wildman–Crippen LogP) is -1.82. The molecule has 1 amide bonds. The number of hydrogen-bond acceptors (Lipinski definition) is 11. The van der Waals surface area contributed by atoms with Crippen molar-refractivity contribution in [1.82, 2.24) is 29.7 Å². The molecule has 15 heteroatoms. The van der Waals surface area contributed by atoms with E-state index in [1.54, 1.807) is 16.3 Å². The largest absolute Gasteiger partial charge is 0.380 e. The van der Waals surface area contributed by atoms with E-state index in [1.807, 2.05) is 11.0 Å². The Labute approximate surface area is 164 Å². The van der Waals surface area contributed by atoms with Crippen LogP contribution < -0.4 is 16.2 Å². The molecule has 0 unspecified atom stereocenters. The lowest BCUT2D eigenvalue weighted by Crippen LogP contribution is -2.68. The van der Waals surface area contributed by atoms with Crippen LogP contribution in [0.3, 0.4) is 0 Å². The van der Waals surface area contributed by atoms with Crippen molar-refractivity contribution < 1.29 is 27.9 Å². The summed E-state index contributed by atoms with van der Waals surface area (Å²) in [4.78, 5) is 16.1. The maximum Gasteiger partial charge on any atom is 0.364 e. The average molecular weight is 433 g/mol. The standard InChI is InChI=1S/C13H20N8O5S2/c1-27-5-4-7(14)13(22)19-28(23,24)26-9-3-2-8(25-9)21-6-16-10-11(15)17-20-18-12(10)21/h6-9H,2-5,14H2,1H3,(H,19,22)(H2,15,17,18)/p+1/t7-,8+,9+/m0/s1. The molecule has 0 spiro atoms. The summed E-state index contributed by atoms with van der Waals surface area (Å²) < 4.78 is 38.2. The van der Waals surface area contributed by atoms with Crippen LogP contribution >= 0.6 is 11.8 Å². The maximum absolute atomic E-state index is 12.1. The monoisotopic (exact) mass is 433 g/mol. The Hall–Kier alpha value is -2.07. The number of ether oxygens (including phenoxy) is 1. The van der Waals surface area contributed by atoms with E-state index in [1.165, 1.54) is 6.33 Å². The quantitative estimate of drug-likeness (QED) is 0.424. The Kier molecular flexibility index (Phi) is 6.29. The molecule has 0 bridgehead atoms. The molecule has 3 rings (SSSR count). The number of thioether (sulfide) groups is 1. The van der Waals surface area contributed by atoms with Crippen molar-refractivity contribution in [3.63, 3.8) is 0 Å². The van der Waals surface area contributed by atoms with Gasteiger partial charge in [0.25, 0.3) is 5.91 Å². The molecule has 1 fully saturated rings. The van der Waals surface area contributed by atoms with E-state index < -0.39 is 34.8 Å². The molecule has 2 aromatic heterocycles. The summed E-state index contributed by atoms with van der Waals surface area (Å²) >= 11 is 1.54. The van der Waals surface area contributed by atoms with E-state index in [2.05, 4.69) is 26.1 Å². The highest BCUT2D eigenvalue weighted by Crippen LogP contribution is 2.31. The van der Waals surface area contributed by atoms with Gasteiger partial charge in [0.15, 0.2) is 29.3 Å². The number of anilines is 1.